The molecule has 104 valence electrons. The van der Waals surface area contributed by atoms with E-state index < -0.39 is 10.0 Å². The molecule has 0 spiro atoms. The zero-order chi connectivity index (χ0) is 14.6. The Balaban J connectivity index is 2.39. The van der Waals surface area contributed by atoms with Crippen LogP contribution in [0.5, 0.6) is 0 Å². The molecule has 0 radical (unpaired) electrons. The van der Waals surface area contributed by atoms with Gasteiger partial charge in [0.25, 0.3) is 10.0 Å². The number of hydrogen-bond acceptors (Lipinski definition) is 6. The molecule has 0 unspecified atom stereocenters. The summed E-state index contributed by atoms with van der Waals surface area (Å²) in [6.07, 6.45) is 0. The van der Waals surface area contributed by atoms with Gasteiger partial charge in [-0.3, -0.25) is 0 Å². The second-order valence-electron chi connectivity index (χ2n) is 3.73. The van der Waals surface area contributed by atoms with Crippen molar-refractivity contribution < 1.29 is 12.8 Å². The number of sulfonamides is 1. The van der Waals surface area contributed by atoms with E-state index in [1.54, 1.807) is 25.1 Å². The van der Waals surface area contributed by atoms with E-state index in [4.69, 9.17) is 10.2 Å². The molecular formula is C12H12N4O3S. The highest BCUT2D eigenvalue weighted by Gasteiger charge is 2.20. The normalized spacial score (nSPS) is 10.7. The summed E-state index contributed by atoms with van der Waals surface area (Å²) in [7, 11) is -3.85. The van der Waals surface area contributed by atoms with Gasteiger partial charge >= 0.3 is 6.01 Å². The Kier molecular flexibility index (Phi) is 4.02. The number of anilines is 1. The maximum Gasteiger partial charge on any atom is 0.329 e. The maximum absolute atomic E-state index is 12.3. The average molecular weight is 292 g/mol. The van der Waals surface area contributed by atoms with Gasteiger partial charge in [-0.25, -0.2) is 13.1 Å². The number of rotatable bonds is 3. The van der Waals surface area contributed by atoms with E-state index in [1.165, 1.54) is 6.07 Å². The predicted molar refractivity (Wildman–Crippen MR) is 72.2 cm³/mol. The van der Waals surface area contributed by atoms with E-state index in [0.717, 1.165) is 0 Å². The van der Waals surface area contributed by atoms with Crippen LogP contribution < -0.4 is 10.5 Å². The first kappa shape index (κ1) is 14.0. The highest BCUT2D eigenvalue weighted by molar-refractivity contribution is 7.92. The van der Waals surface area contributed by atoms with Gasteiger partial charge in [0.05, 0.1) is 6.54 Å². The molecule has 0 aliphatic rings. The minimum atomic E-state index is -3.85. The number of hydrogen-bond donors (Lipinski definition) is 2. The third kappa shape index (κ3) is 3.14. The quantitative estimate of drug-likeness (QED) is 0.796. The van der Waals surface area contributed by atoms with Crippen molar-refractivity contribution in [3.8, 4) is 11.8 Å². The van der Waals surface area contributed by atoms with E-state index in [9.17, 15) is 8.42 Å². The van der Waals surface area contributed by atoms with Gasteiger partial charge in [-0.1, -0.05) is 29.1 Å². The van der Waals surface area contributed by atoms with Crippen molar-refractivity contribution in [2.75, 3.05) is 11.3 Å². The lowest BCUT2D eigenvalue weighted by Gasteiger charge is -2.06. The van der Waals surface area contributed by atoms with Gasteiger partial charge < -0.3 is 10.2 Å². The van der Waals surface area contributed by atoms with Crippen LogP contribution in [0.3, 0.4) is 0 Å². The lowest BCUT2D eigenvalue weighted by Crippen LogP contribution is -2.14. The van der Waals surface area contributed by atoms with Crippen LogP contribution in [0.15, 0.2) is 33.6 Å². The summed E-state index contributed by atoms with van der Waals surface area (Å²) >= 11 is 0. The third-order valence-corrected chi connectivity index (χ3v) is 3.63. The molecular weight excluding hydrogens is 280 g/mol. The Morgan fingerprint density at radius 3 is 2.75 bits per heavy atom. The van der Waals surface area contributed by atoms with Crippen molar-refractivity contribution >= 4 is 16.0 Å². The molecule has 0 amide bonds. The molecule has 2 rings (SSSR count). The van der Waals surface area contributed by atoms with Crippen molar-refractivity contribution in [3.05, 3.63) is 35.7 Å². The zero-order valence-corrected chi connectivity index (χ0v) is 11.4. The fourth-order valence-corrected chi connectivity index (χ4v) is 2.55. The number of aromatic nitrogens is 2. The smallest absolute Gasteiger partial charge is 0.329 e. The summed E-state index contributed by atoms with van der Waals surface area (Å²) in [5.41, 5.74) is 5.64. The lowest BCUT2D eigenvalue weighted by molar-refractivity contribution is 0.534. The highest BCUT2D eigenvalue weighted by Crippen LogP contribution is 2.18. The van der Waals surface area contributed by atoms with Gasteiger partial charge in [-0.15, -0.1) is 5.10 Å². The van der Waals surface area contributed by atoms with E-state index in [1.807, 2.05) is 0 Å². The van der Waals surface area contributed by atoms with Gasteiger partial charge in [0.2, 0.25) is 5.89 Å². The number of nitrogens with zero attached hydrogens (tertiary/aromatic N) is 2. The summed E-state index contributed by atoms with van der Waals surface area (Å²) < 4.78 is 31.7. The molecule has 0 saturated carbocycles. The van der Waals surface area contributed by atoms with E-state index in [0.29, 0.717) is 5.56 Å². The fraction of sp³-hybridized carbons (Fsp3) is 0.167. The van der Waals surface area contributed by atoms with Crippen molar-refractivity contribution in [2.45, 2.75) is 11.8 Å². The van der Waals surface area contributed by atoms with Crippen LogP contribution in [-0.4, -0.2) is 25.2 Å². The van der Waals surface area contributed by atoms with E-state index in [-0.39, 0.29) is 23.3 Å². The second kappa shape index (κ2) is 5.73. The predicted octanol–water partition coefficient (Wildman–Crippen LogP) is 0.489. The van der Waals surface area contributed by atoms with Crippen LogP contribution in [0.25, 0.3) is 0 Å². The summed E-state index contributed by atoms with van der Waals surface area (Å²) in [5, 5.41) is 7.13. The molecule has 1 heterocycles. The van der Waals surface area contributed by atoms with Crippen LogP contribution >= 0.6 is 0 Å². The topological polar surface area (TPSA) is 111 Å². The standard InChI is InChI=1S/C12H12N4O3S/c1-9-14-15-12(19-9)16-20(17,18)11-7-3-2-5-10(11)6-4-8-13/h2-3,5,7H,8,13H2,1H3,(H,15,16). The number of benzene rings is 1. The molecule has 1 aromatic carbocycles. The SMILES string of the molecule is Cc1nnc(NS(=O)(=O)c2ccccc2C#CCN)o1. The molecule has 7 nitrogen and oxygen atoms in total. The van der Waals surface area contributed by atoms with Crippen LogP contribution in [0.4, 0.5) is 6.01 Å². The van der Waals surface area contributed by atoms with Crippen molar-refractivity contribution in [3.63, 3.8) is 0 Å². The molecule has 8 heteroatoms. The zero-order valence-electron chi connectivity index (χ0n) is 10.6. The Morgan fingerprint density at radius 1 is 1.35 bits per heavy atom. The Morgan fingerprint density at radius 2 is 2.10 bits per heavy atom. The lowest BCUT2D eigenvalue weighted by atomic mass is 10.2. The summed E-state index contributed by atoms with van der Waals surface area (Å²) in [5.74, 6) is 5.59. The largest absolute Gasteiger partial charge is 0.408 e. The number of nitrogens with two attached hydrogens (primary N) is 1. The number of aryl methyl sites for hydroxylation is 1. The van der Waals surface area contributed by atoms with E-state index >= 15 is 0 Å². The van der Waals surface area contributed by atoms with Gasteiger partial charge in [0, 0.05) is 12.5 Å². The number of nitrogens with one attached hydrogen (secondary N) is 1. The Bertz CT molecular complexity index is 771. The summed E-state index contributed by atoms with van der Waals surface area (Å²) in [6, 6.07) is 6.13. The molecule has 0 aliphatic heterocycles. The van der Waals surface area contributed by atoms with Crippen molar-refractivity contribution in [1.29, 1.82) is 0 Å². The molecule has 0 atom stereocenters. The van der Waals surface area contributed by atoms with Gasteiger partial charge in [0.1, 0.15) is 4.90 Å². The van der Waals surface area contributed by atoms with Crippen LogP contribution in [0.2, 0.25) is 0 Å². The molecule has 3 N–H and O–H groups in total. The van der Waals surface area contributed by atoms with Crippen molar-refractivity contribution in [2.24, 2.45) is 5.73 Å². The van der Waals surface area contributed by atoms with Gasteiger partial charge in [-0.05, 0) is 12.1 Å². The molecule has 0 saturated heterocycles. The van der Waals surface area contributed by atoms with Gasteiger partial charge in [0.15, 0.2) is 0 Å². The monoisotopic (exact) mass is 292 g/mol. The molecule has 20 heavy (non-hydrogen) atoms. The Hall–Kier alpha value is -2.37. The highest BCUT2D eigenvalue weighted by atomic mass is 32.2. The fourth-order valence-electron chi connectivity index (χ4n) is 1.46. The summed E-state index contributed by atoms with van der Waals surface area (Å²) in [6.45, 7) is 1.70. The molecule has 0 aliphatic carbocycles. The first-order valence-electron chi connectivity index (χ1n) is 5.64. The summed E-state index contributed by atoms with van der Waals surface area (Å²) in [4.78, 5) is 0.0248. The van der Waals surface area contributed by atoms with Crippen LogP contribution in [0, 0.1) is 18.8 Å². The minimum absolute atomic E-state index is 0.0248. The first-order chi connectivity index (χ1) is 9.53. The maximum atomic E-state index is 12.3. The van der Waals surface area contributed by atoms with E-state index in [2.05, 4.69) is 26.8 Å². The minimum Gasteiger partial charge on any atom is -0.408 e. The van der Waals surface area contributed by atoms with Gasteiger partial charge in [-0.2, -0.15) is 0 Å². The van der Waals surface area contributed by atoms with Crippen LogP contribution in [0.1, 0.15) is 11.5 Å². The third-order valence-electron chi connectivity index (χ3n) is 2.25. The molecule has 2 aromatic rings. The molecule has 0 bridgehead atoms. The Labute approximate surface area is 116 Å². The molecule has 1 aromatic heterocycles. The molecule has 0 fully saturated rings. The van der Waals surface area contributed by atoms with Crippen molar-refractivity contribution in [1.82, 2.24) is 10.2 Å². The first-order valence-corrected chi connectivity index (χ1v) is 7.12. The second-order valence-corrected chi connectivity index (χ2v) is 5.38. The van der Waals surface area contributed by atoms with Crippen LogP contribution in [-0.2, 0) is 10.0 Å². The average Bonchev–Trinajstić information content (AvgIpc) is 2.81.